The van der Waals surface area contributed by atoms with E-state index >= 15 is 0 Å². The van der Waals surface area contributed by atoms with E-state index in [-0.39, 0.29) is 11.5 Å². The molecule has 8 heteroatoms. The summed E-state index contributed by atoms with van der Waals surface area (Å²) >= 11 is 11.4. The second-order valence-electron chi connectivity index (χ2n) is 4.16. The van der Waals surface area contributed by atoms with Crippen molar-refractivity contribution < 1.29 is 29.1 Å². The van der Waals surface area contributed by atoms with Crippen LogP contribution >= 0.6 is 23.2 Å². The zero-order valence-corrected chi connectivity index (χ0v) is 13.0. The van der Waals surface area contributed by atoms with Gasteiger partial charge in [-0.3, -0.25) is 9.78 Å². The van der Waals surface area contributed by atoms with Gasteiger partial charge in [-0.15, -0.1) is 0 Å². The Morgan fingerprint density at radius 1 is 0.696 bits per heavy atom. The molecule has 23 heavy (non-hydrogen) atoms. The van der Waals surface area contributed by atoms with Gasteiger partial charge in [0, 0.05) is 10.0 Å². The van der Waals surface area contributed by atoms with E-state index in [1.807, 2.05) is 0 Å². The van der Waals surface area contributed by atoms with Crippen LogP contribution in [-0.4, -0.2) is 11.9 Å². The Morgan fingerprint density at radius 2 is 1.04 bits per heavy atom. The Kier molecular flexibility index (Phi) is 6.08. The Labute approximate surface area is 141 Å². The maximum absolute atomic E-state index is 11.4. The van der Waals surface area contributed by atoms with Crippen molar-refractivity contribution in [3.63, 3.8) is 0 Å². The van der Waals surface area contributed by atoms with Crippen LogP contribution in [0.15, 0.2) is 48.5 Å². The highest BCUT2D eigenvalue weighted by molar-refractivity contribution is 6.30. The van der Waals surface area contributed by atoms with E-state index in [9.17, 15) is 9.59 Å². The Bertz CT molecular complexity index is 610. The average molecular weight is 357 g/mol. The number of carbonyl (C=O) groups excluding carboxylic acids is 2. The number of hydrogen-bond acceptors (Lipinski definition) is 6. The molecule has 0 N–H and O–H groups in total. The van der Waals surface area contributed by atoms with Gasteiger partial charge in [-0.25, -0.2) is 19.4 Å². The lowest BCUT2D eigenvalue weighted by Crippen LogP contribution is -2.16. The largest absolute Gasteiger partial charge is 0.366 e. The molecule has 0 spiro atoms. The zero-order chi connectivity index (χ0) is 16.7. The number of benzene rings is 2. The van der Waals surface area contributed by atoms with Gasteiger partial charge in [0.2, 0.25) is 0 Å². The van der Waals surface area contributed by atoms with Gasteiger partial charge in [-0.05, 0) is 48.5 Å². The highest BCUT2D eigenvalue weighted by Crippen LogP contribution is 2.17. The van der Waals surface area contributed by atoms with Gasteiger partial charge in [0.15, 0.2) is 17.9 Å². The van der Waals surface area contributed by atoms with Gasteiger partial charge in [0.05, 0.1) is 0 Å². The van der Waals surface area contributed by atoms with Gasteiger partial charge in [0.1, 0.15) is 0 Å². The van der Waals surface area contributed by atoms with Crippen LogP contribution in [-0.2, 0) is 19.4 Å². The van der Waals surface area contributed by atoms with Crippen LogP contribution in [0.1, 0.15) is 6.42 Å². The van der Waals surface area contributed by atoms with Crippen molar-refractivity contribution in [2.75, 3.05) is 0 Å². The summed E-state index contributed by atoms with van der Waals surface area (Å²) in [5.74, 6) is -1.36. The molecule has 0 aromatic heterocycles. The molecule has 0 saturated heterocycles. The number of rotatable bonds is 6. The van der Waals surface area contributed by atoms with E-state index in [0.29, 0.717) is 10.0 Å². The van der Waals surface area contributed by atoms with Crippen LogP contribution in [0.5, 0.6) is 11.5 Å². The van der Waals surface area contributed by atoms with E-state index in [4.69, 9.17) is 33.0 Å². The molecule has 0 saturated carbocycles. The molecular weight excluding hydrogens is 347 g/mol. The lowest BCUT2D eigenvalue weighted by molar-refractivity contribution is -0.226. The normalized spacial score (nSPS) is 9.83. The second-order valence-corrected chi connectivity index (χ2v) is 5.03. The molecule has 0 amide bonds. The van der Waals surface area contributed by atoms with E-state index in [2.05, 4.69) is 9.78 Å². The molecule has 0 radical (unpaired) electrons. The number of hydrogen-bond donors (Lipinski definition) is 0. The Balaban J connectivity index is 1.70. The number of halogens is 2. The molecule has 0 heterocycles. The van der Waals surface area contributed by atoms with Crippen LogP contribution in [0, 0.1) is 0 Å². The van der Waals surface area contributed by atoms with Crippen molar-refractivity contribution in [2.24, 2.45) is 0 Å². The molecule has 120 valence electrons. The summed E-state index contributed by atoms with van der Waals surface area (Å²) in [5, 5.41) is 1.01. The third-order valence-electron chi connectivity index (χ3n) is 2.38. The van der Waals surface area contributed by atoms with Crippen molar-refractivity contribution in [3.05, 3.63) is 58.6 Å². The van der Waals surface area contributed by atoms with Crippen molar-refractivity contribution in [1.29, 1.82) is 0 Å². The Morgan fingerprint density at radius 3 is 1.39 bits per heavy atom. The van der Waals surface area contributed by atoms with E-state index in [1.54, 1.807) is 24.3 Å². The monoisotopic (exact) mass is 356 g/mol. The van der Waals surface area contributed by atoms with Gasteiger partial charge < -0.3 is 0 Å². The summed E-state index contributed by atoms with van der Waals surface area (Å²) in [6, 6.07) is 12.2. The molecular formula is C15H10Cl2O6. The molecule has 0 fully saturated rings. The van der Waals surface area contributed by atoms with Gasteiger partial charge >= 0.3 is 11.9 Å². The standard InChI is InChI=1S/C15H10Cl2O6/c16-10-1-5-12(6-2-10)20-22-14(18)9-15(19)23-21-13-7-3-11(17)4-8-13/h1-8H,9H2. The molecule has 0 bridgehead atoms. The lowest BCUT2D eigenvalue weighted by atomic mass is 10.3. The third kappa shape index (κ3) is 6.06. The fourth-order valence-electron chi connectivity index (χ4n) is 1.35. The number of carbonyl (C=O) groups is 2. The predicted molar refractivity (Wildman–Crippen MR) is 81.0 cm³/mol. The zero-order valence-electron chi connectivity index (χ0n) is 11.5. The Hall–Kier alpha value is -2.44. The molecule has 6 nitrogen and oxygen atoms in total. The highest BCUT2D eigenvalue weighted by Gasteiger charge is 2.16. The molecule has 0 aliphatic heterocycles. The minimum Gasteiger partial charge on any atom is -0.287 e. The minimum atomic E-state index is -0.940. The van der Waals surface area contributed by atoms with E-state index < -0.39 is 18.4 Å². The molecule has 2 rings (SSSR count). The minimum absolute atomic E-state index is 0.258. The van der Waals surface area contributed by atoms with Crippen molar-refractivity contribution in [3.8, 4) is 11.5 Å². The molecule has 0 aliphatic rings. The van der Waals surface area contributed by atoms with Crippen molar-refractivity contribution in [1.82, 2.24) is 0 Å². The fraction of sp³-hybridized carbons (Fsp3) is 0.0667. The maximum atomic E-state index is 11.4. The first-order chi connectivity index (χ1) is 11.0. The molecule has 0 unspecified atom stereocenters. The second kappa shape index (κ2) is 8.26. The van der Waals surface area contributed by atoms with Crippen molar-refractivity contribution >= 4 is 35.1 Å². The highest BCUT2D eigenvalue weighted by atomic mass is 35.5. The van der Waals surface area contributed by atoms with E-state index in [0.717, 1.165) is 0 Å². The van der Waals surface area contributed by atoms with Gasteiger partial charge in [-0.1, -0.05) is 23.2 Å². The predicted octanol–water partition coefficient (Wildman–Crippen LogP) is 3.76. The summed E-state index contributed by atoms with van der Waals surface area (Å²) in [5.41, 5.74) is 0. The summed E-state index contributed by atoms with van der Waals surface area (Å²) < 4.78 is 0. The summed E-state index contributed by atoms with van der Waals surface area (Å²) in [6.07, 6.45) is -0.679. The first-order valence-electron chi connectivity index (χ1n) is 6.29. The quantitative estimate of drug-likeness (QED) is 0.445. The van der Waals surface area contributed by atoms with Crippen LogP contribution in [0.4, 0.5) is 0 Å². The van der Waals surface area contributed by atoms with Crippen LogP contribution in [0.2, 0.25) is 10.0 Å². The van der Waals surface area contributed by atoms with Crippen LogP contribution in [0.25, 0.3) is 0 Å². The molecule has 0 atom stereocenters. The van der Waals surface area contributed by atoms with Crippen molar-refractivity contribution in [2.45, 2.75) is 6.42 Å². The average Bonchev–Trinajstić information content (AvgIpc) is 2.54. The first kappa shape index (κ1) is 16.9. The van der Waals surface area contributed by atoms with E-state index in [1.165, 1.54) is 24.3 Å². The van der Waals surface area contributed by atoms with Gasteiger partial charge in [-0.2, -0.15) is 0 Å². The van der Waals surface area contributed by atoms with Crippen LogP contribution < -0.4 is 9.78 Å². The maximum Gasteiger partial charge on any atom is 0.366 e. The summed E-state index contributed by atoms with van der Waals surface area (Å²) in [4.78, 5) is 41.2. The van der Waals surface area contributed by atoms with Gasteiger partial charge in [0.25, 0.3) is 0 Å². The fourth-order valence-corrected chi connectivity index (χ4v) is 1.60. The first-order valence-corrected chi connectivity index (χ1v) is 7.04. The molecule has 2 aromatic carbocycles. The molecule has 2 aromatic rings. The SMILES string of the molecule is O=C(CC(=O)OOc1ccc(Cl)cc1)OOc1ccc(Cl)cc1. The summed E-state index contributed by atoms with van der Waals surface area (Å²) in [7, 11) is 0. The topological polar surface area (TPSA) is 71.1 Å². The molecule has 0 aliphatic carbocycles. The van der Waals surface area contributed by atoms with Crippen LogP contribution in [0.3, 0.4) is 0 Å². The smallest absolute Gasteiger partial charge is 0.287 e. The third-order valence-corrected chi connectivity index (χ3v) is 2.88. The lowest BCUT2D eigenvalue weighted by Gasteiger charge is -2.05. The summed E-state index contributed by atoms with van der Waals surface area (Å²) in [6.45, 7) is 0.